The molecule has 8 aromatic rings. The minimum absolute atomic E-state index is 0.871. The van der Waals surface area contributed by atoms with Crippen molar-refractivity contribution in [1.29, 1.82) is 0 Å². The zero-order valence-corrected chi connectivity index (χ0v) is 21.8. The van der Waals surface area contributed by atoms with Crippen LogP contribution in [0.4, 0.5) is 11.4 Å². The van der Waals surface area contributed by atoms with E-state index in [0.717, 1.165) is 44.4 Å². The van der Waals surface area contributed by atoms with E-state index in [1.165, 1.54) is 32.7 Å². The summed E-state index contributed by atoms with van der Waals surface area (Å²) in [4.78, 5) is 0. The van der Waals surface area contributed by atoms with Gasteiger partial charge in [-0.3, -0.25) is 0 Å². The molecule has 0 atom stereocenters. The van der Waals surface area contributed by atoms with Crippen molar-refractivity contribution in [2.45, 2.75) is 0 Å². The van der Waals surface area contributed by atoms with Crippen molar-refractivity contribution in [2.75, 3.05) is 5.32 Å². The van der Waals surface area contributed by atoms with Gasteiger partial charge in [-0.1, -0.05) is 121 Å². The topological polar surface area (TPSA) is 25.2 Å². The van der Waals surface area contributed by atoms with Gasteiger partial charge in [-0.05, 0) is 62.5 Å². The fourth-order valence-corrected chi connectivity index (χ4v) is 5.86. The van der Waals surface area contributed by atoms with Gasteiger partial charge in [0.15, 0.2) is 5.58 Å². The smallest absolute Gasteiger partial charge is 0.159 e. The molecule has 7 aromatic carbocycles. The molecule has 2 nitrogen and oxygen atoms in total. The van der Waals surface area contributed by atoms with Gasteiger partial charge in [0.1, 0.15) is 5.58 Å². The molecule has 8 rings (SSSR count). The predicted molar refractivity (Wildman–Crippen MR) is 169 cm³/mol. The van der Waals surface area contributed by atoms with E-state index in [1.807, 2.05) is 6.07 Å². The van der Waals surface area contributed by atoms with Crippen LogP contribution in [-0.4, -0.2) is 0 Å². The van der Waals surface area contributed by atoms with Gasteiger partial charge in [-0.2, -0.15) is 0 Å². The Hall–Kier alpha value is -5.34. The van der Waals surface area contributed by atoms with Crippen LogP contribution >= 0.6 is 0 Å². The highest BCUT2D eigenvalue weighted by Gasteiger charge is 2.18. The Bertz CT molecular complexity index is 2170. The first-order chi connectivity index (χ1) is 19.8. The molecule has 0 radical (unpaired) electrons. The summed E-state index contributed by atoms with van der Waals surface area (Å²) in [6, 6.07) is 51.4. The van der Waals surface area contributed by atoms with E-state index in [-0.39, 0.29) is 0 Å². The maximum atomic E-state index is 6.72. The van der Waals surface area contributed by atoms with E-state index in [1.54, 1.807) is 0 Å². The molecule has 40 heavy (non-hydrogen) atoms. The SMILES string of the molecule is c1ccc(-c2cccc3c2oc2c(Nc4ccc(-c5ccc6ccccc6c5)cc4)cc4ccccc4c23)cc1. The molecule has 188 valence electrons. The highest BCUT2D eigenvalue weighted by atomic mass is 16.3. The molecule has 2 heteroatoms. The molecular weight excluding hydrogens is 486 g/mol. The Kier molecular flexibility index (Phi) is 5.17. The lowest BCUT2D eigenvalue weighted by atomic mass is 9.99. The third-order valence-electron chi connectivity index (χ3n) is 7.82. The Morgan fingerprint density at radius 3 is 1.98 bits per heavy atom. The summed E-state index contributed by atoms with van der Waals surface area (Å²) in [7, 11) is 0. The number of anilines is 2. The van der Waals surface area contributed by atoms with E-state index in [2.05, 4.69) is 145 Å². The highest BCUT2D eigenvalue weighted by molar-refractivity contribution is 6.23. The first kappa shape index (κ1) is 22.6. The lowest BCUT2D eigenvalue weighted by Crippen LogP contribution is -1.91. The molecule has 0 fully saturated rings. The Morgan fingerprint density at radius 2 is 1.12 bits per heavy atom. The number of furan rings is 1. The summed E-state index contributed by atoms with van der Waals surface area (Å²) in [5.74, 6) is 0. The van der Waals surface area contributed by atoms with Gasteiger partial charge in [0.25, 0.3) is 0 Å². The van der Waals surface area contributed by atoms with Crippen molar-refractivity contribution in [1.82, 2.24) is 0 Å². The molecule has 0 spiro atoms. The van der Waals surface area contributed by atoms with Crippen LogP contribution in [0.15, 0.2) is 150 Å². The molecule has 0 unspecified atom stereocenters. The summed E-state index contributed by atoms with van der Waals surface area (Å²) < 4.78 is 6.72. The summed E-state index contributed by atoms with van der Waals surface area (Å²) in [6.07, 6.45) is 0. The van der Waals surface area contributed by atoms with Crippen LogP contribution in [0.3, 0.4) is 0 Å². The Labute approximate surface area is 232 Å². The van der Waals surface area contributed by atoms with E-state index in [0.29, 0.717) is 0 Å². The molecule has 0 saturated heterocycles. The van der Waals surface area contributed by atoms with E-state index in [4.69, 9.17) is 4.42 Å². The van der Waals surface area contributed by atoms with Crippen LogP contribution in [0.5, 0.6) is 0 Å². The second-order valence-electron chi connectivity index (χ2n) is 10.3. The molecule has 0 bridgehead atoms. The van der Waals surface area contributed by atoms with E-state index >= 15 is 0 Å². The van der Waals surface area contributed by atoms with Crippen LogP contribution in [0.1, 0.15) is 0 Å². The van der Waals surface area contributed by atoms with Gasteiger partial charge in [0, 0.05) is 22.0 Å². The molecule has 0 saturated carbocycles. The van der Waals surface area contributed by atoms with Crippen molar-refractivity contribution in [3.05, 3.63) is 146 Å². The van der Waals surface area contributed by atoms with Crippen molar-refractivity contribution < 1.29 is 4.42 Å². The molecule has 0 aliphatic rings. The predicted octanol–water partition coefficient (Wildman–Crippen LogP) is 11.0. The highest BCUT2D eigenvalue weighted by Crippen LogP contribution is 2.43. The largest absolute Gasteiger partial charge is 0.453 e. The fraction of sp³-hybridized carbons (Fsp3) is 0. The van der Waals surface area contributed by atoms with Crippen molar-refractivity contribution in [3.8, 4) is 22.3 Å². The van der Waals surface area contributed by atoms with Gasteiger partial charge in [-0.25, -0.2) is 0 Å². The molecule has 1 N–H and O–H groups in total. The third kappa shape index (κ3) is 3.73. The minimum atomic E-state index is 0.871. The number of hydrogen-bond donors (Lipinski definition) is 1. The van der Waals surface area contributed by atoms with Crippen LogP contribution in [-0.2, 0) is 0 Å². The molecule has 0 aliphatic heterocycles. The zero-order valence-electron chi connectivity index (χ0n) is 21.8. The van der Waals surface area contributed by atoms with Crippen LogP contribution < -0.4 is 5.32 Å². The van der Waals surface area contributed by atoms with Crippen LogP contribution in [0.25, 0.3) is 65.7 Å². The van der Waals surface area contributed by atoms with Crippen LogP contribution in [0, 0.1) is 0 Å². The molecule has 0 aliphatic carbocycles. The second kappa shape index (κ2) is 9.14. The van der Waals surface area contributed by atoms with Gasteiger partial charge in [0.05, 0.1) is 5.69 Å². The zero-order chi connectivity index (χ0) is 26.5. The molecule has 1 heterocycles. The Balaban J connectivity index is 1.25. The summed E-state index contributed by atoms with van der Waals surface area (Å²) >= 11 is 0. The fourth-order valence-electron chi connectivity index (χ4n) is 5.86. The monoisotopic (exact) mass is 511 g/mol. The summed E-state index contributed by atoms with van der Waals surface area (Å²) in [5.41, 5.74) is 8.41. The quantitative estimate of drug-likeness (QED) is 0.254. The van der Waals surface area contributed by atoms with E-state index < -0.39 is 0 Å². The molecule has 0 amide bonds. The molecular formula is C38H25NO. The van der Waals surface area contributed by atoms with E-state index in [9.17, 15) is 0 Å². The summed E-state index contributed by atoms with van der Waals surface area (Å²) in [5, 5.41) is 10.8. The maximum absolute atomic E-state index is 6.72. The normalized spacial score (nSPS) is 11.5. The van der Waals surface area contributed by atoms with Crippen LogP contribution in [0.2, 0.25) is 0 Å². The number of rotatable bonds is 4. The third-order valence-corrected chi connectivity index (χ3v) is 7.82. The van der Waals surface area contributed by atoms with Crippen molar-refractivity contribution in [2.24, 2.45) is 0 Å². The summed E-state index contributed by atoms with van der Waals surface area (Å²) in [6.45, 7) is 0. The second-order valence-corrected chi connectivity index (χ2v) is 10.3. The number of nitrogens with one attached hydrogen (secondary N) is 1. The standard InChI is InChI=1S/C38H25NO/c1-2-10-27(11-3-1)33-15-8-16-34-36-32-14-7-6-13-30(32)24-35(38(36)40-37(33)34)39-31-21-19-26(20-22-31)29-18-17-25-9-4-5-12-28(25)23-29/h1-24,39H. The van der Waals surface area contributed by atoms with Crippen molar-refractivity contribution in [3.63, 3.8) is 0 Å². The Morgan fingerprint density at radius 1 is 0.425 bits per heavy atom. The number of para-hydroxylation sites is 1. The van der Waals surface area contributed by atoms with Crippen molar-refractivity contribution >= 4 is 54.9 Å². The first-order valence-corrected chi connectivity index (χ1v) is 13.6. The minimum Gasteiger partial charge on any atom is -0.453 e. The maximum Gasteiger partial charge on any atom is 0.159 e. The van der Waals surface area contributed by atoms with Gasteiger partial charge < -0.3 is 9.73 Å². The lowest BCUT2D eigenvalue weighted by Gasteiger charge is -2.11. The number of benzene rings is 7. The average molecular weight is 512 g/mol. The number of hydrogen-bond acceptors (Lipinski definition) is 2. The number of fused-ring (bicyclic) bond motifs is 6. The van der Waals surface area contributed by atoms with Gasteiger partial charge >= 0.3 is 0 Å². The molecule has 1 aromatic heterocycles. The first-order valence-electron chi connectivity index (χ1n) is 13.6. The van der Waals surface area contributed by atoms with Gasteiger partial charge in [0.2, 0.25) is 0 Å². The lowest BCUT2D eigenvalue weighted by molar-refractivity contribution is 0.671. The average Bonchev–Trinajstić information content (AvgIpc) is 3.42. The van der Waals surface area contributed by atoms with Gasteiger partial charge in [-0.15, -0.1) is 0 Å².